The zero-order chi connectivity index (χ0) is 15.1. The minimum absolute atomic E-state index is 0.0632. The van der Waals surface area contributed by atoms with Crippen LogP contribution in [0, 0.1) is 11.3 Å². The van der Waals surface area contributed by atoms with Crippen LogP contribution in [0.15, 0.2) is 48.5 Å². The second-order valence-corrected chi connectivity index (χ2v) is 5.78. The summed E-state index contributed by atoms with van der Waals surface area (Å²) in [6.45, 7) is 0. The molecule has 2 aromatic rings. The summed E-state index contributed by atoms with van der Waals surface area (Å²) in [6, 6.07) is 16.4. The van der Waals surface area contributed by atoms with Gasteiger partial charge in [0.15, 0.2) is 0 Å². The lowest BCUT2D eigenvalue weighted by atomic mass is 10.2. The Morgan fingerprint density at radius 2 is 2.00 bits per heavy atom. The van der Waals surface area contributed by atoms with Gasteiger partial charge in [-0.25, -0.2) is 0 Å². The molecule has 0 saturated heterocycles. The average molecular weight is 317 g/mol. The Bertz CT molecular complexity index is 665. The molecule has 0 saturated carbocycles. The number of amides is 1. The summed E-state index contributed by atoms with van der Waals surface area (Å²) in [7, 11) is 0. The molecule has 0 atom stereocenters. The molecule has 1 amide bonds. The molecular weight excluding hydrogens is 304 g/mol. The van der Waals surface area contributed by atoms with Crippen LogP contribution in [0.1, 0.15) is 11.1 Å². The Hall–Kier alpha value is -1.96. The number of hydrogen-bond acceptors (Lipinski definition) is 3. The highest BCUT2D eigenvalue weighted by atomic mass is 35.5. The van der Waals surface area contributed by atoms with Gasteiger partial charge in [-0.2, -0.15) is 5.26 Å². The molecule has 21 heavy (non-hydrogen) atoms. The predicted molar refractivity (Wildman–Crippen MR) is 87.4 cm³/mol. The quantitative estimate of drug-likeness (QED) is 0.904. The minimum atomic E-state index is -0.0632. The van der Waals surface area contributed by atoms with Gasteiger partial charge in [0.05, 0.1) is 17.4 Å². The number of carbonyl (C=O) groups is 1. The summed E-state index contributed by atoms with van der Waals surface area (Å²) < 4.78 is 0. The summed E-state index contributed by atoms with van der Waals surface area (Å²) >= 11 is 7.43. The van der Waals surface area contributed by atoms with Crippen molar-refractivity contribution in [3.8, 4) is 6.07 Å². The molecular formula is C16H13ClN2OS. The van der Waals surface area contributed by atoms with Crippen molar-refractivity contribution in [2.45, 2.75) is 5.75 Å². The topological polar surface area (TPSA) is 52.9 Å². The molecule has 2 rings (SSSR count). The maximum absolute atomic E-state index is 11.8. The number of nitriles is 1. The second kappa shape index (κ2) is 7.72. The largest absolute Gasteiger partial charge is 0.325 e. The molecule has 1 N–H and O–H groups in total. The number of thioether (sulfide) groups is 1. The van der Waals surface area contributed by atoms with Gasteiger partial charge in [-0.15, -0.1) is 11.8 Å². The smallest absolute Gasteiger partial charge is 0.234 e. The standard InChI is InChI=1S/C16H13ClN2OS/c17-14-3-1-2-13(8-14)10-21-11-16(20)19-15-6-4-12(9-18)5-7-15/h1-8H,10-11H2,(H,19,20). The molecule has 0 heterocycles. The normalized spacial score (nSPS) is 9.90. The van der Waals surface area contributed by atoms with Gasteiger partial charge in [0.25, 0.3) is 0 Å². The summed E-state index contributed by atoms with van der Waals surface area (Å²) in [5.74, 6) is 1.04. The molecule has 2 aromatic carbocycles. The maximum Gasteiger partial charge on any atom is 0.234 e. The molecule has 0 radical (unpaired) electrons. The molecule has 0 unspecified atom stereocenters. The Kier molecular flexibility index (Phi) is 5.68. The molecule has 0 spiro atoms. The molecule has 5 heteroatoms. The van der Waals surface area contributed by atoms with E-state index in [-0.39, 0.29) is 5.91 Å². The van der Waals surface area contributed by atoms with Crippen LogP contribution < -0.4 is 5.32 Å². The third kappa shape index (κ3) is 5.14. The molecule has 0 aliphatic carbocycles. The number of benzene rings is 2. The zero-order valence-corrected chi connectivity index (χ0v) is 12.7. The van der Waals surface area contributed by atoms with Gasteiger partial charge in [-0.3, -0.25) is 4.79 Å². The number of nitrogens with one attached hydrogen (secondary N) is 1. The fraction of sp³-hybridized carbons (Fsp3) is 0.125. The first-order valence-electron chi connectivity index (χ1n) is 6.29. The highest BCUT2D eigenvalue weighted by Crippen LogP contribution is 2.17. The van der Waals surface area contributed by atoms with Crippen molar-refractivity contribution in [1.29, 1.82) is 5.26 Å². The number of hydrogen-bond donors (Lipinski definition) is 1. The maximum atomic E-state index is 11.8. The van der Waals surface area contributed by atoms with Gasteiger partial charge in [0.2, 0.25) is 5.91 Å². The van der Waals surface area contributed by atoms with E-state index in [0.717, 1.165) is 11.3 Å². The van der Waals surface area contributed by atoms with Crippen molar-refractivity contribution in [3.63, 3.8) is 0 Å². The highest BCUT2D eigenvalue weighted by Gasteiger charge is 2.03. The van der Waals surface area contributed by atoms with Crippen molar-refractivity contribution < 1.29 is 4.79 Å². The Morgan fingerprint density at radius 3 is 2.67 bits per heavy atom. The van der Waals surface area contributed by atoms with E-state index in [0.29, 0.717) is 22.0 Å². The van der Waals surface area contributed by atoms with Gasteiger partial charge in [0, 0.05) is 16.5 Å². The second-order valence-electron chi connectivity index (χ2n) is 4.36. The van der Waals surface area contributed by atoms with Crippen LogP contribution in [0.5, 0.6) is 0 Å². The first-order chi connectivity index (χ1) is 10.2. The van der Waals surface area contributed by atoms with Crippen LogP contribution in [-0.2, 0) is 10.5 Å². The van der Waals surface area contributed by atoms with Crippen LogP contribution in [-0.4, -0.2) is 11.7 Å². The van der Waals surface area contributed by atoms with E-state index in [2.05, 4.69) is 5.32 Å². The SMILES string of the molecule is N#Cc1ccc(NC(=O)CSCc2cccc(Cl)c2)cc1. The number of rotatable bonds is 5. The van der Waals surface area contributed by atoms with Gasteiger partial charge < -0.3 is 5.32 Å². The van der Waals surface area contributed by atoms with E-state index in [4.69, 9.17) is 16.9 Å². The number of halogens is 1. The van der Waals surface area contributed by atoms with Crippen molar-refractivity contribution in [1.82, 2.24) is 0 Å². The van der Waals surface area contributed by atoms with E-state index in [9.17, 15) is 4.79 Å². The average Bonchev–Trinajstić information content (AvgIpc) is 2.48. The monoisotopic (exact) mass is 316 g/mol. The van der Waals surface area contributed by atoms with Gasteiger partial charge in [-0.05, 0) is 42.0 Å². The van der Waals surface area contributed by atoms with Crippen LogP contribution in [0.4, 0.5) is 5.69 Å². The summed E-state index contributed by atoms with van der Waals surface area (Å²) in [6.07, 6.45) is 0. The Balaban J connectivity index is 1.78. The van der Waals surface area contributed by atoms with Crippen LogP contribution >= 0.6 is 23.4 Å². The fourth-order valence-corrected chi connectivity index (χ4v) is 2.70. The van der Waals surface area contributed by atoms with Crippen LogP contribution in [0.3, 0.4) is 0 Å². The van der Waals surface area contributed by atoms with Gasteiger partial charge >= 0.3 is 0 Å². The molecule has 3 nitrogen and oxygen atoms in total. The molecule has 0 aromatic heterocycles. The van der Waals surface area contributed by atoms with Gasteiger partial charge in [0.1, 0.15) is 0 Å². The predicted octanol–water partition coefficient (Wildman–Crippen LogP) is 4.08. The molecule has 0 aliphatic heterocycles. The minimum Gasteiger partial charge on any atom is -0.325 e. The van der Waals surface area contributed by atoms with E-state index in [1.54, 1.807) is 24.3 Å². The van der Waals surface area contributed by atoms with Crippen LogP contribution in [0.2, 0.25) is 5.02 Å². The first kappa shape index (κ1) is 15.4. The van der Waals surface area contributed by atoms with Gasteiger partial charge in [-0.1, -0.05) is 23.7 Å². The van der Waals surface area contributed by atoms with Crippen molar-refractivity contribution in [3.05, 3.63) is 64.7 Å². The Morgan fingerprint density at radius 1 is 1.24 bits per heavy atom. The highest BCUT2D eigenvalue weighted by molar-refractivity contribution is 7.99. The third-order valence-electron chi connectivity index (χ3n) is 2.69. The van der Waals surface area contributed by atoms with E-state index in [1.807, 2.05) is 30.3 Å². The van der Waals surface area contributed by atoms with E-state index < -0.39 is 0 Å². The van der Waals surface area contributed by atoms with E-state index >= 15 is 0 Å². The summed E-state index contributed by atoms with van der Waals surface area (Å²) in [5.41, 5.74) is 2.37. The number of nitrogens with zero attached hydrogens (tertiary/aromatic N) is 1. The molecule has 0 bridgehead atoms. The molecule has 0 fully saturated rings. The zero-order valence-electron chi connectivity index (χ0n) is 11.2. The fourth-order valence-electron chi connectivity index (χ4n) is 1.71. The lowest BCUT2D eigenvalue weighted by Gasteiger charge is -2.05. The molecule has 106 valence electrons. The van der Waals surface area contributed by atoms with Crippen molar-refractivity contribution in [2.75, 3.05) is 11.1 Å². The first-order valence-corrected chi connectivity index (χ1v) is 7.83. The number of carbonyl (C=O) groups excluding carboxylic acids is 1. The van der Waals surface area contributed by atoms with Crippen molar-refractivity contribution >= 4 is 35.0 Å². The summed E-state index contributed by atoms with van der Waals surface area (Å²) in [5, 5.41) is 12.2. The van der Waals surface area contributed by atoms with Crippen LogP contribution in [0.25, 0.3) is 0 Å². The lowest BCUT2D eigenvalue weighted by molar-refractivity contribution is -0.113. The number of anilines is 1. The third-order valence-corrected chi connectivity index (χ3v) is 3.93. The van der Waals surface area contributed by atoms with Crippen molar-refractivity contribution in [2.24, 2.45) is 0 Å². The molecule has 0 aliphatic rings. The summed E-state index contributed by atoms with van der Waals surface area (Å²) in [4.78, 5) is 11.8. The Labute approximate surface area is 132 Å². The van der Waals surface area contributed by atoms with E-state index in [1.165, 1.54) is 11.8 Å². The lowest BCUT2D eigenvalue weighted by Crippen LogP contribution is -2.14.